The van der Waals surface area contributed by atoms with Gasteiger partial charge in [-0.3, -0.25) is 9.59 Å². The van der Waals surface area contributed by atoms with Crippen LogP contribution in [0.5, 0.6) is 0 Å². The van der Waals surface area contributed by atoms with Crippen molar-refractivity contribution in [3.8, 4) is 0 Å². The third-order valence-corrected chi connectivity index (χ3v) is 10.9. The van der Waals surface area contributed by atoms with Crippen LogP contribution in [-0.2, 0) is 19.1 Å². The maximum Gasteiger partial charge on any atom is 0.306 e. The average molecular weight is 861 g/mol. The van der Waals surface area contributed by atoms with E-state index in [1.807, 2.05) is 0 Å². The Labute approximate surface area is 383 Å². The largest absolute Gasteiger partial charge is 0.462 e. The van der Waals surface area contributed by atoms with Crippen molar-refractivity contribution in [2.45, 2.75) is 238 Å². The number of ether oxygens (including phenoxy) is 2. The topological polar surface area (TPSA) is 72.8 Å². The summed E-state index contributed by atoms with van der Waals surface area (Å²) in [6.07, 6.45) is 73.5. The fraction of sp³-hybridized carbons (Fsp3) is 0.684. The van der Waals surface area contributed by atoms with Gasteiger partial charge in [0.25, 0.3) is 0 Å². The number of allylic oxidation sites excluding steroid dienone is 16. The normalized spacial score (nSPS) is 13.0. The lowest BCUT2D eigenvalue weighted by Gasteiger charge is -2.15. The summed E-state index contributed by atoms with van der Waals surface area (Å²) in [6.45, 7) is 4.01. The van der Waals surface area contributed by atoms with E-state index in [0.29, 0.717) is 12.8 Å². The van der Waals surface area contributed by atoms with Gasteiger partial charge in [-0.2, -0.15) is 0 Å². The van der Waals surface area contributed by atoms with Crippen molar-refractivity contribution in [3.05, 3.63) is 97.2 Å². The molecule has 0 bridgehead atoms. The number of unbranched alkanes of at least 4 members (excludes halogenated alkanes) is 22. The summed E-state index contributed by atoms with van der Waals surface area (Å²) in [4.78, 5) is 24.5. The third kappa shape index (κ3) is 49.5. The maximum atomic E-state index is 12.3. The van der Waals surface area contributed by atoms with Crippen LogP contribution in [0.15, 0.2) is 97.2 Å². The second-order valence-electron chi connectivity index (χ2n) is 16.9. The van der Waals surface area contributed by atoms with E-state index >= 15 is 0 Å². The van der Waals surface area contributed by atoms with E-state index in [4.69, 9.17) is 9.47 Å². The predicted molar refractivity (Wildman–Crippen MR) is 269 cm³/mol. The quantitative estimate of drug-likeness (QED) is 0.0375. The van der Waals surface area contributed by atoms with E-state index in [9.17, 15) is 14.7 Å². The van der Waals surface area contributed by atoms with Crippen molar-refractivity contribution in [2.75, 3.05) is 13.2 Å². The number of rotatable bonds is 46. The van der Waals surface area contributed by atoms with E-state index in [1.54, 1.807) is 0 Å². The number of hydrogen-bond acceptors (Lipinski definition) is 5. The van der Waals surface area contributed by atoms with Gasteiger partial charge in [0.1, 0.15) is 6.61 Å². The highest BCUT2D eigenvalue weighted by atomic mass is 16.6. The van der Waals surface area contributed by atoms with Crippen LogP contribution in [0, 0.1) is 0 Å². The standard InChI is InChI=1S/C57H96O5/c1-3-5-7-9-11-13-15-17-19-21-23-25-27-28-30-31-33-35-37-39-41-43-45-47-49-51-56(59)61-54-55(53-58)62-57(60)52-50-48-46-44-42-40-38-36-34-32-29-26-24-22-20-18-16-14-12-10-8-6-4-2/h6,8,12,14-15,17-18,20-21,23-24,26-28,32,34,55,58H,3-5,7,9-11,13,16,19,22,25,29-31,33,35-54H2,1-2H3/b8-6-,14-12-,17-15-,20-18-,23-21-,26-24-,28-27-,34-32-. The van der Waals surface area contributed by atoms with Crippen LogP contribution in [0.1, 0.15) is 232 Å². The van der Waals surface area contributed by atoms with Gasteiger partial charge in [-0.1, -0.05) is 220 Å². The number of carbonyl (C=O) groups is 2. The third-order valence-electron chi connectivity index (χ3n) is 10.9. The molecule has 0 aliphatic heterocycles. The molecular weight excluding hydrogens is 765 g/mol. The van der Waals surface area contributed by atoms with Gasteiger partial charge in [-0.05, 0) is 96.3 Å². The molecule has 0 saturated heterocycles. The number of hydrogen-bond donors (Lipinski definition) is 1. The summed E-state index contributed by atoms with van der Waals surface area (Å²) in [5, 5.41) is 9.63. The maximum absolute atomic E-state index is 12.3. The Morgan fingerprint density at radius 2 is 0.694 bits per heavy atom. The van der Waals surface area contributed by atoms with Crippen molar-refractivity contribution in [3.63, 3.8) is 0 Å². The molecule has 0 fully saturated rings. The van der Waals surface area contributed by atoms with Gasteiger partial charge < -0.3 is 14.6 Å². The minimum Gasteiger partial charge on any atom is -0.462 e. The van der Waals surface area contributed by atoms with Gasteiger partial charge >= 0.3 is 11.9 Å². The van der Waals surface area contributed by atoms with Crippen LogP contribution < -0.4 is 0 Å². The highest BCUT2D eigenvalue weighted by molar-refractivity contribution is 5.70. The van der Waals surface area contributed by atoms with E-state index < -0.39 is 6.10 Å². The molecule has 0 rings (SSSR count). The summed E-state index contributed by atoms with van der Waals surface area (Å²) in [7, 11) is 0. The molecule has 1 N–H and O–H groups in total. The zero-order valence-electron chi connectivity index (χ0n) is 40.4. The summed E-state index contributed by atoms with van der Waals surface area (Å²) in [6, 6.07) is 0. The van der Waals surface area contributed by atoms with Crippen molar-refractivity contribution < 1.29 is 24.2 Å². The molecule has 0 aromatic rings. The van der Waals surface area contributed by atoms with Gasteiger partial charge in [-0.25, -0.2) is 0 Å². The van der Waals surface area contributed by atoms with Gasteiger partial charge in [0, 0.05) is 12.8 Å². The first-order valence-corrected chi connectivity index (χ1v) is 25.8. The number of aliphatic hydroxyl groups is 1. The van der Waals surface area contributed by atoms with E-state index in [1.165, 1.54) is 116 Å². The Hall–Kier alpha value is -3.18. The Balaban J connectivity index is 3.57. The van der Waals surface area contributed by atoms with E-state index in [-0.39, 0.29) is 25.2 Å². The number of esters is 2. The van der Waals surface area contributed by atoms with Crippen LogP contribution >= 0.6 is 0 Å². The molecule has 0 saturated carbocycles. The zero-order chi connectivity index (χ0) is 44.9. The van der Waals surface area contributed by atoms with Crippen LogP contribution in [0.2, 0.25) is 0 Å². The van der Waals surface area contributed by atoms with Crippen molar-refractivity contribution in [2.24, 2.45) is 0 Å². The molecule has 62 heavy (non-hydrogen) atoms. The fourth-order valence-corrected chi connectivity index (χ4v) is 7.00. The predicted octanol–water partition coefficient (Wildman–Crippen LogP) is 17.2. The van der Waals surface area contributed by atoms with Gasteiger partial charge in [0.05, 0.1) is 6.61 Å². The molecule has 1 unspecified atom stereocenters. The number of aliphatic hydroxyl groups excluding tert-OH is 1. The highest BCUT2D eigenvalue weighted by Gasteiger charge is 2.16. The molecule has 0 radical (unpaired) electrons. The van der Waals surface area contributed by atoms with Gasteiger partial charge in [0.15, 0.2) is 6.10 Å². The summed E-state index contributed by atoms with van der Waals surface area (Å²) < 4.78 is 10.7. The first-order valence-electron chi connectivity index (χ1n) is 25.8. The van der Waals surface area contributed by atoms with Crippen LogP contribution in [0.3, 0.4) is 0 Å². The minimum atomic E-state index is -0.787. The Morgan fingerprint density at radius 3 is 1.05 bits per heavy atom. The van der Waals surface area contributed by atoms with Crippen LogP contribution in [0.4, 0.5) is 0 Å². The average Bonchev–Trinajstić information content (AvgIpc) is 3.28. The SMILES string of the molecule is CC/C=C\C/C=C\C/C=C\C/C=C\C/C=C\CCCCCCCCCC(=O)OC(CO)COC(=O)CCCCCCCCCCCC/C=C\C/C=C\C/C=C\CCCCCCC. The lowest BCUT2D eigenvalue weighted by molar-refractivity contribution is -0.161. The summed E-state index contributed by atoms with van der Waals surface area (Å²) in [5.74, 6) is -0.610. The molecule has 0 amide bonds. The molecule has 0 heterocycles. The molecule has 354 valence electrons. The van der Waals surface area contributed by atoms with E-state index in [2.05, 4.69) is 111 Å². The Morgan fingerprint density at radius 1 is 0.387 bits per heavy atom. The van der Waals surface area contributed by atoms with Crippen molar-refractivity contribution in [1.82, 2.24) is 0 Å². The molecule has 0 spiro atoms. The van der Waals surface area contributed by atoms with Crippen LogP contribution in [0.25, 0.3) is 0 Å². The summed E-state index contributed by atoms with van der Waals surface area (Å²) >= 11 is 0. The van der Waals surface area contributed by atoms with Gasteiger partial charge in [-0.15, -0.1) is 0 Å². The molecule has 0 aliphatic carbocycles. The molecule has 5 heteroatoms. The van der Waals surface area contributed by atoms with Crippen molar-refractivity contribution >= 4 is 11.9 Å². The second-order valence-corrected chi connectivity index (χ2v) is 16.9. The minimum absolute atomic E-state index is 0.0776. The number of carbonyl (C=O) groups excluding carboxylic acids is 2. The zero-order valence-corrected chi connectivity index (χ0v) is 40.4. The second kappa shape index (κ2) is 52.2. The van der Waals surface area contributed by atoms with Crippen LogP contribution in [-0.4, -0.2) is 36.4 Å². The lowest BCUT2D eigenvalue weighted by Crippen LogP contribution is -2.28. The monoisotopic (exact) mass is 861 g/mol. The molecule has 5 nitrogen and oxygen atoms in total. The molecule has 0 aliphatic rings. The van der Waals surface area contributed by atoms with Gasteiger partial charge in [0.2, 0.25) is 0 Å². The molecule has 0 aromatic carbocycles. The Kier molecular flexibility index (Phi) is 49.5. The first kappa shape index (κ1) is 58.8. The lowest BCUT2D eigenvalue weighted by atomic mass is 10.1. The fourth-order valence-electron chi connectivity index (χ4n) is 7.00. The van der Waals surface area contributed by atoms with E-state index in [0.717, 1.165) is 89.9 Å². The molecular formula is C57H96O5. The first-order chi connectivity index (χ1) is 30.6. The molecule has 0 aromatic heterocycles. The molecule has 1 atom stereocenters. The summed E-state index contributed by atoms with van der Waals surface area (Å²) in [5.41, 5.74) is 0. The highest BCUT2D eigenvalue weighted by Crippen LogP contribution is 2.14. The smallest absolute Gasteiger partial charge is 0.306 e. The Bertz CT molecular complexity index is 1200. The van der Waals surface area contributed by atoms with Crippen molar-refractivity contribution in [1.29, 1.82) is 0 Å².